The van der Waals surface area contributed by atoms with Crippen molar-refractivity contribution in [2.24, 2.45) is 7.05 Å². The lowest BCUT2D eigenvalue weighted by molar-refractivity contribution is 0.0942. The van der Waals surface area contributed by atoms with Gasteiger partial charge in [0.2, 0.25) is 0 Å². The first-order valence-electron chi connectivity index (χ1n) is 10.9. The summed E-state index contributed by atoms with van der Waals surface area (Å²) in [6.45, 7) is 7.22. The highest BCUT2D eigenvalue weighted by atomic mass is 16.5. The van der Waals surface area contributed by atoms with E-state index in [1.54, 1.807) is 4.68 Å². The second-order valence-electron chi connectivity index (χ2n) is 8.24. The fraction of sp³-hybridized carbons (Fsp3) is 0.360. The number of hydrogen-bond donors (Lipinski definition) is 1. The van der Waals surface area contributed by atoms with Crippen LogP contribution in [0.25, 0.3) is 11.3 Å². The van der Waals surface area contributed by atoms with E-state index in [1.807, 2.05) is 37.4 Å². The maximum atomic E-state index is 12.9. The molecule has 0 bridgehead atoms. The Kier molecular flexibility index (Phi) is 6.37. The van der Waals surface area contributed by atoms with E-state index in [-0.39, 0.29) is 5.91 Å². The molecule has 0 saturated heterocycles. The van der Waals surface area contributed by atoms with E-state index in [0.29, 0.717) is 24.9 Å². The lowest BCUT2D eigenvalue weighted by atomic mass is 10.0. The van der Waals surface area contributed by atoms with E-state index >= 15 is 0 Å². The summed E-state index contributed by atoms with van der Waals surface area (Å²) in [5.74, 6) is 0.691. The van der Waals surface area contributed by atoms with Crippen molar-refractivity contribution in [2.75, 3.05) is 13.1 Å². The van der Waals surface area contributed by atoms with Crippen LogP contribution in [0.15, 0.2) is 54.6 Å². The van der Waals surface area contributed by atoms with Crippen molar-refractivity contribution < 1.29 is 9.53 Å². The number of rotatable bonds is 8. The van der Waals surface area contributed by atoms with Crippen molar-refractivity contribution in [1.82, 2.24) is 20.0 Å². The normalized spacial score (nSPS) is 12.4. The number of para-hydroxylation sites is 1. The Labute approximate surface area is 183 Å². The number of aryl methyl sites for hydroxylation is 1. The fourth-order valence-corrected chi connectivity index (χ4v) is 4.07. The third-order valence-electron chi connectivity index (χ3n) is 5.74. The molecule has 1 N–H and O–H groups in total. The summed E-state index contributed by atoms with van der Waals surface area (Å²) >= 11 is 0. The molecule has 6 heteroatoms. The summed E-state index contributed by atoms with van der Waals surface area (Å²) < 4.78 is 7.64. The number of benzene rings is 2. The molecule has 0 spiro atoms. The molecule has 3 aromatic rings. The Balaban J connectivity index is 1.36. The third-order valence-corrected chi connectivity index (χ3v) is 5.74. The highest BCUT2D eigenvalue weighted by Crippen LogP contribution is 2.38. The quantitative estimate of drug-likeness (QED) is 0.562. The minimum absolute atomic E-state index is 0.140. The van der Waals surface area contributed by atoms with Crippen molar-refractivity contribution in [3.05, 3.63) is 71.4 Å². The molecule has 0 unspecified atom stereocenters. The van der Waals surface area contributed by atoms with Crippen LogP contribution in [0.1, 0.15) is 41.9 Å². The topological polar surface area (TPSA) is 59.4 Å². The lowest BCUT2D eigenvalue weighted by Crippen LogP contribution is -2.34. The molecule has 0 radical (unpaired) electrons. The van der Waals surface area contributed by atoms with E-state index < -0.39 is 0 Å². The number of aromatic nitrogens is 2. The Morgan fingerprint density at radius 2 is 1.90 bits per heavy atom. The maximum absolute atomic E-state index is 12.9. The first-order chi connectivity index (χ1) is 15.0. The van der Waals surface area contributed by atoms with Crippen molar-refractivity contribution in [3.8, 4) is 17.0 Å². The van der Waals surface area contributed by atoms with E-state index in [2.05, 4.69) is 53.4 Å². The molecular formula is C25H30N4O2. The van der Waals surface area contributed by atoms with Gasteiger partial charge in [-0.3, -0.25) is 14.4 Å². The first kappa shape index (κ1) is 21.1. The van der Waals surface area contributed by atoms with Crippen LogP contribution in [-0.2, 0) is 20.2 Å². The standard InChI is InChI=1S/C25H30N4O2/c1-18(2)29(16-19-10-5-4-6-11-19)15-9-14-26-25(30)23-21-17-31-22-13-8-7-12-20(22)24(21)28(3)27-23/h4-8,10-13,18H,9,14-17H2,1-3H3,(H,26,30). The Bertz CT molecular complexity index is 1040. The van der Waals surface area contributed by atoms with Crippen molar-refractivity contribution in [3.63, 3.8) is 0 Å². The van der Waals surface area contributed by atoms with Gasteiger partial charge >= 0.3 is 0 Å². The molecule has 0 fully saturated rings. The van der Waals surface area contributed by atoms with Gasteiger partial charge in [0, 0.05) is 43.9 Å². The molecule has 2 aromatic carbocycles. The van der Waals surface area contributed by atoms with Gasteiger partial charge in [-0.05, 0) is 38.0 Å². The van der Waals surface area contributed by atoms with E-state index in [9.17, 15) is 4.79 Å². The highest BCUT2D eigenvalue weighted by molar-refractivity contribution is 5.96. The summed E-state index contributed by atoms with van der Waals surface area (Å²) in [6.07, 6.45) is 0.880. The van der Waals surface area contributed by atoms with E-state index in [0.717, 1.165) is 42.1 Å². The molecule has 1 aliphatic heterocycles. The number of nitrogens with one attached hydrogen (secondary N) is 1. The van der Waals surface area contributed by atoms with Crippen LogP contribution in [0.2, 0.25) is 0 Å². The van der Waals surface area contributed by atoms with Gasteiger partial charge in [-0.15, -0.1) is 0 Å². The molecule has 4 rings (SSSR count). The number of carbonyl (C=O) groups is 1. The molecule has 1 aliphatic rings. The van der Waals surface area contributed by atoms with Gasteiger partial charge in [0.1, 0.15) is 12.4 Å². The number of hydrogen-bond acceptors (Lipinski definition) is 4. The van der Waals surface area contributed by atoms with Crippen LogP contribution in [0.5, 0.6) is 5.75 Å². The molecule has 0 aliphatic carbocycles. The molecule has 162 valence electrons. The Morgan fingerprint density at radius 1 is 1.16 bits per heavy atom. The van der Waals surface area contributed by atoms with Gasteiger partial charge in [0.05, 0.1) is 5.69 Å². The number of amides is 1. The van der Waals surface area contributed by atoms with Gasteiger partial charge in [0.25, 0.3) is 5.91 Å². The number of carbonyl (C=O) groups excluding carboxylic acids is 1. The number of fused-ring (bicyclic) bond motifs is 3. The van der Waals surface area contributed by atoms with Crippen molar-refractivity contribution >= 4 is 5.91 Å². The zero-order chi connectivity index (χ0) is 21.8. The second kappa shape index (κ2) is 9.35. The van der Waals surface area contributed by atoms with Crippen molar-refractivity contribution in [1.29, 1.82) is 0 Å². The number of ether oxygens (including phenoxy) is 1. The van der Waals surface area contributed by atoms with Crippen LogP contribution in [0, 0.1) is 0 Å². The lowest BCUT2D eigenvalue weighted by Gasteiger charge is -2.26. The summed E-state index contributed by atoms with van der Waals surface area (Å²) in [5, 5.41) is 7.55. The average molecular weight is 419 g/mol. The molecule has 0 saturated carbocycles. The van der Waals surface area contributed by atoms with Crippen LogP contribution >= 0.6 is 0 Å². The predicted octanol–water partition coefficient (Wildman–Crippen LogP) is 4.01. The summed E-state index contributed by atoms with van der Waals surface area (Å²) in [5.41, 5.74) is 4.55. The highest BCUT2D eigenvalue weighted by Gasteiger charge is 2.28. The molecule has 1 aromatic heterocycles. The fourth-order valence-electron chi connectivity index (χ4n) is 4.07. The minimum atomic E-state index is -0.140. The molecule has 31 heavy (non-hydrogen) atoms. The van der Waals surface area contributed by atoms with Crippen LogP contribution in [0.4, 0.5) is 0 Å². The summed E-state index contributed by atoms with van der Waals surface area (Å²) in [4.78, 5) is 15.3. The monoisotopic (exact) mass is 418 g/mol. The summed E-state index contributed by atoms with van der Waals surface area (Å²) in [7, 11) is 1.88. The van der Waals surface area contributed by atoms with Gasteiger partial charge < -0.3 is 10.1 Å². The second-order valence-corrected chi connectivity index (χ2v) is 8.24. The van der Waals surface area contributed by atoms with Gasteiger partial charge in [-0.1, -0.05) is 42.5 Å². The largest absolute Gasteiger partial charge is 0.488 e. The van der Waals surface area contributed by atoms with Gasteiger partial charge in [-0.2, -0.15) is 5.10 Å². The van der Waals surface area contributed by atoms with Gasteiger partial charge in [-0.25, -0.2) is 0 Å². The third kappa shape index (κ3) is 4.64. The minimum Gasteiger partial charge on any atom is -0.488 e. The molecule has 0 atom stereocenters. The predicted molar refractivity (Wildman–Crippen MR) is 122 cm³/mol. The summed E-state index contributed by atoms with van der Waals surface area (Å²) in [6, 6.07) is 18.8. The zero-order valence-electron chi connectivity index (χ0n) is 18.5. The van der Waals surface area contributed by atoms with Crippen LogP contribution < -0.4 is 10.1 Å². The molecule has 6 nitrogen and oxygen atoms in total. The SMILES string of the molecule is CC(C)N(CCCNC(=O)c1nn(C)c2c1COc1ccccc1-2)Cc1ccccc1. The first-order valence-corrected chi connectivity index (χ1v) is 10.9. The number of nitrogens with zero attached hydrogens (tertiary/aromatic N) is 3. The maximum Gasteiger partial charge on any atom is 0.272 e. The van der Waals surface area contributed by atoms with E-state index in [1.165, 1.54) is 5.56 Å². The Morgan fingerprint density at radius 3 is 2.68 bits per heavy atom. The van der Waals surface area contributed by atoms with Crippen LogP contribution in [0.3, 0.4) is 0 Å². The van der Waals surface area contributed by atoms with Gasteiger partial charge in [0.15, 0.2) is 5.69 Å². The molecular weight excluding hydrogens is 388 g/mol. The smallest absolute Gasteiger partial charge is 0.272 e. The average Bonchev–Trinajstić information content (AvgIpc) is 3.13. The zero-order valence-corrected chi connectivity index (χ0v) is 18.5. The van der Waals surface area contributed by atoms with E-state index in [4.69, 9.17) is 4.74 Å². The van der Waals surface area contributed by atoms with Crippen LogP contribution in [-0.4, -0.2) is 39.7 Å². The molecule has 1 amide bonds. The molecule has 2 heterocycles. The Hall–Kier alpha value is -3.12. The van der Waals surface area contributed by atoms with Crippen molar-refractivity contribution in [2.45, 2.75) is 39.5 Å².